The van der Waals surface area contributed by atoms with Crippen LogP contribution in [-0.2, 0) is 16.0 Å². The van der Waals surface area contributed by atoms with Crippen LogP contribution in [0.4, 0.5) is 0 Å². The summed E-state index contributed by atoms with van der Waals surface area (Å²) in [6, 6.07) is 8.33. The largest absolute Gasteiger partial charge is 0.381 e. The SMILES string of the molecule is Cc1cccc(CCC(=O)NCCCOCC2CC2)c1. The van der Waals surface area contributed by atoms with E-state index < -0.39 is 0 Å². The second kappa shape index (κ2) is 8.05. The molecule has 2 rings (SSSR count). The summed E-state index contributed by atoms with van der Waals surface area (Å²) in [4.78, 5) is 11.7. The van der Waals surface area contributed by atoms with E-state index in [0.29, 0.717) is 6.42 Å². The van der Waals surface area contributed by atoms with E-state index in [2.05, 4.69) is 30.4 Å². The molecule has 0 saturated heterocycles. The van der Waals surface area contributed by atoms with Crippen LogP contribution in [0.15, 0.2) is 24.3 Å². The Morgan fingerprint density at radius 1 is 1.40 bits per heavy atom. The van der Waals surface area contributed by atoms with Crippen LogP contribution in [-0.4, -0.2) is 25.7 Å². The minimum absolute atomic E-state index is 0.133. The molecule has 0 atom stereocenters. The fourth-order valence-electron chi connectivity index (χ4n) is 2.15. The first-order valence-electron chi connectivity index (χ1n) is 7.64. The van der Waals surface area contributed by atoms with Gasteiger partial charge < -0.3 is 10.1 Å². The fraction of sp³-hybridized carbons (Fsp3) is 0.588. The molecule has 0 radical (unpaired) electrons. The van der Waals surface area contributed by atoms with Crippen LogP contribution in [0, 0.1) is 12.8 Å². The van der Waals surface area contributed by atoms with Crippen molar-refractivity contribution < 1.29 is 9.53 Å². The molecule has 1 aliphatic carbocycles. The predicted octanol–water partition coefficient (Wildman–Crippen LogP) is 2.86. The molecule has 110 valence electrons. The zero-order chi connectivity index (χ0) is 14.2. The topological polar surface area (TPSA) is 38.3 Å². The van der Waals surface area contributed by atoms with Crippen LogP contribution < -0.4 is 5.32 Å². The summed E-state index contributed by atoms with van der Waals surface area (Å²) in [5.74, 6) is 0.951. The Morgan fingerprint density at radius 2 is 2.25 bits per heavy atom. The number of ether oxygens (including phenoxy) is 1. The lowest BCUT2D eigenvalue weighted by molar-refractivity contribution is -0.121. The van der Waals surface area contributed by atoms with Crippen molar-refractivity contribution >= 4 is 5.91 Å². The molecule has 1 fully saturated rings. The van der Waals surface area contributed by atoms with Gasteiger partial charge in [0.05, 0.1) is 0 Å². The van der Waals surface area contributed by atoms with Crippen LogP contribution >= 0.6 is 0 Å². The monoisotopic (exact) mass is 275 g/mol. The maximum atomic E-state index is 11.7. The summed E-state index contributed by atoms with van der Waals surface area (Å²) in [7, 11) is 0. The zero-order valence-electron chi connectivity index (χ0n) is 12.4. The van der Waals surface area contributed by atoms with E-state index in [1.165, 1.54) is 24.0 Å². The van der Waals surface area contributed by atoms with Crippen molar-refractivity contribution in [2.24, 2.45) is 5.92 Å². The highest BCUT2D eigenvalue weighted by atomic mass is 16.5. The van der Waals surface area contributed by atoms with Crippen molar-refractivity contribution in [2.45, 2.75) is 39.0 Å². The Kier molecular flexibility index (Phi) is 6.06. The second-order valence-corrected chi connectivity index (χ2v) is 5.71. The molecule has 3 nitrogen and oxygen atoms in total. The van der Waals surface area contributed by atoms with E-state index in [4.69, 9.17) is 4.74 Å². The predicted molar refractivity (Wildman–Crippen MR) is 80.7 cm³/mol. The van der Waals surface area contributed by atoms with Crippen LogP contribution in [0.2, 0.25) is 0 Å². The van der Waals surface area contributed by atoms with Gasteiger partial charge in [0.25, 0.3) is 0 Å². The molecule has 1 aliphatic rings. The quantitative estimate of drug-likeness (QED) is 0.704. The Morgan fingerprint density at radius 3 is 3.00 bits per heavy atom. The van der Waals surface area contributed by atoms with E-state index in [9.17, 15) is 4.79 Å². The molecule has 0 unspecified atom stereocenters. The number of amides is 1. The molecule has 20 heavy (non-hydrogen) atoms. The standard InChI is InChI=1S/C17H25NO2/c1-14-4-2-5-15(12-14)8-9-17(19)18-10-3-11-20-13-16-6-7-16/h2,4-5,12,16H,3,6-11,13H2,1H3,(H,18,19). The molecule has 1 N–H and O–H groups in total. The maximum absolute atomic E-state index is 11.7. The van der Waals surface area contributed by atoms with Crippen molar-refractivity contribution in [3.05, 3.63) is 35.4 Å². The average molecular weight is 275 g/mol. The van der Waals surface area contributed by atoms with Gasteiger partial charge >= 0.3 is 0 Å². The normalized spacial score (nSPS) is 14.2. The summed E-state index contributed by atoms with van der Waals surface area (Å²) < 4.78 is 5.53. The van der Waals surface area contributed by atoms with Gasteiger partial charge in [0.1, 0.15) is 0 Å². The molecule has 1 saturated carbocycles. The smallest absolute Gasteiger partial charge is 0.220 e. The number of hydrogen-bond acceptors (Lipinski definition) is 2. The van der Waals surface area contributed by atoms with E-state index in [-0.39, 0.29) is 5.91 Å². The average Bonchev–Trinajstić information content (AvgIpc) is 3.24. The highest BCUT2D eigenvalue weighted by Gasteiger charge is 2.20. The number of carbonyl (C=O) groups is 1. The number of aryl methyl sites for hydroxylation is 2. The lowest BCUT2D eigenvalue weighted by Crippen LogP contribution is -2.25. The van der Waals surface area contributed by atoms with E-state index >= 15 is 0 Å². The molecular weight excluding hydrogens is 250 g/mol. The number of benzene rings is 1. The van der Waals surface area contributed by atoms with Gasteiger partial charge in [-0.3, -0.25) is 4.79 Å². The number of rotatable bonds is 9. The van der Waals surface area contributed by atoms with Crippen molar-refractivity contribution in [2.75, 3.05) is 19.8 Å². The van der Waals surface area contributed by atoms with Gasteiger partial charge in [0.15, 0.2) is 0 Å². The Labute approximate surface area is 121 Å². The first-order valence-corrected chi connectivity index (χ1v) is 7.64. The Bertz CT molecular complexity index is 427. The third-order valence-electron chi connectivity index (χ3n) is 3.56. The van der Waals surface area contributed by atoms with Crippen molar-refractivity contribution in [3.63, 3.8) is 0 Å². The van der Waals surface area contributed by atoms with Gasteiger partial charge in [-0.15, -0.1) is 0 Å². The molecule has 1 aromatic rings. The summed E-state index contributed by atoms with van der Waals surface area (Å²) >= 11 is 0. The highest BCUT2D eigenvalue weighted by Crippen LogP contribution is 2.28. The Balaban J connectivity index is 1.49. The van der Waals surface area contributed by atoms with E-state index in [0.717, 1.165) is 38.5 Å². The van der Waals surface area contributed by atoms with Gasteiger partial charge in [0.2, 0.25) is 5.91 Å². The highest BCUT2D eigenvalue weighted by molar-refractivity contribution is 5.76. The van der Waals surface area contributed by atoms with Crippen LogP contribution in [0.25, 0.3) is 0 Å². The molecule has 0 bridgehead atoms. The van der Waals surface area contributed by atoms with Gasteiger partial charge in [-0.2, -0.15) is 0 Å². The third kappa shape index (κ3) is 6.20. The van der Waals surface area contributed by atoms with Crippen molar-refractivity contribution in [1.29, 1.82) is 0 Å². The molecule has 0 heterocycles. The number of nitrogens with one attached hydrogen (secondary N) is 1. The molecule has 0 aliphatic heterocycles. The molecule has 3 heteroatoms. The Hall–Kier alpha value is -1.35. The minimum atomic E-state index is 0.133. The van der Waals surface area contributed by atoms with Gasteiger partial charge in [-0.25, -0.2) is 0 Å². The lowest BCUT2D eigenvalue weighted by atomic mass is 10.1. The van der Waals surface area contributed by atoms with Crippen molar-refractivity contribution in [1.82, 2.24) is 5.32 Å². The van der Waals surface area contributed by atoms with Gasteiger partial charge in [-0.05, 0) is 44.1 Å². The fourth-order valence-corrected chi connectivity index (χ4v) is 2.15. The summed E-state index contributed by atoms with van der Waals surface area (Å²) in [6.07, 6.45) is 4.94. The first kappa shape index (κ1) is 15.0. The molecule has 0 spiro atoms. The molecular formula is C17H25NO2. The number of hydrogen-bond donors (Lipinski definition) is 1. The molecule has 0 aromatic heterocycles. The zero-order valence-corrected chi connectivity index (χ0v) is 12.4. The lowest BCUT2D eigenvalue weighted by Gasteiger charge is -2.06. The van der Waals surface area contributed by atoms with Gasteiger partial charge in [-0.1, -0.05) is 29.8 Å². The van der Waals surface area contributed by atoms with E-state index in [1.807, 2.05) is 6.07 Å². The van der Waals surface area contributed by atoms with Crippen LogP contribution in [0.1, 0.15) is 36.8 Å². The van der Waals surface area contributed by atoms with Crippen LogP contribution in [0.3, 0.4) is 0 Å². The molecule has 1 amide bonds. The molecule has 1 aromatic carbocycles. The van der Waals surface area contributed by atoms with Crippen LogP contribution in [0.5, 0.6) is 0 Å². The van der Waals surface area contributed by atoms with Crippen molar-refractivity contribution in [3.8, 4) is 0 Å². The van der Waals surface area contributed by atoms with Gasteiger partial charge in [0, 0.05) is 26.2 Å². The summed E-state index contributed by atoms with van der Waals surface area (Å²) in [5.41, 5.74) is 2.48. The second-order valence-electron chi connectivity index (χ2n) is 5.71. The first-order chi connectivity index (χ1) is 9.74. The van der Waals surface area contributed by atoms with E-state index in [1.54, 1.807) is 0 Å². The third-order valence-corrected chi connectivity index (χ3v) is 3.56. The summed E-state index contributed by atoms with van der Waals surface area (Å²) in [5, 5.41) is 2.95. The number of carbonyl (C=O) groups excluding carboxylic acids is 1. The maximum Gasteiger partial charge on any atom is 0.220 e. The minimum Gasteiger partial charge on any atom is -0.381 e. The summed E-state index contributed by atoms with van der Waals surface area (Å²) in [6.45, 7) is 4.46.